The number of amides is 1. The average molecular weight is 344 g/mol. The van der Waals surface area contributed by atoms with Gasteiger partial charge in [0.15, 0.2) is 12.2 Å². The molecule has 3 rings (SSSR count). The van der Waals surface area contributed by atoms with Gasteiger partial charge < -0.3 is 26.1 Å². The normalized spacial score (nSPS) is 21.2. The van der Waals surface area contributed by atoms with Crippen molar-refractivity contribution in [2.75, 3.05) is 13.7 Å². The minimum absolute atomic E-state index is 0.00992. The van der Waals surface area contributed by atoms with Gasteiger partial charge in [0.1, 0.15) is 5.75 Å². The van der Waals surface area contributed by atoms with E-state index in [1.54, 1.807) is 7.11 Å². The molecule has 1 fully saturated rings. The zero-order valence-electron chi connectivity index (χ0n) is 14.4. The molecule has 1 aromatic heterocycles. The van der Waals surface area contributed by atoms with Crippen LogP contribution in [0.4, 0.5) is 0 Å². The number of ether oxygens (including phenoxy) is 1. The molecule has 0 saturated carbocycles. The summed E-state index contributed by atoms with van der Waals surface area (Å²) in [6.07, 6.45) is 2.79. The Morgan fingerprint density at radius 1 is 1.48 bits per heavy atom. The molecule has 0 spiro atoms. The van der Waals surface area contributed by atoms with E-state index in [0.717, 1.165) is 28.6 Å². The first kappa shape index (κ1) is 17.1. The summed E-state index contributed by atoms with van der Waals surface area (Å²) in [6.45, 7) is 2.49. The minimum atomic E-state index is -0.391. The standard InChI is InChI=1S/C17H24N6O2/c1-10-7-15(24)22-17(21-10)23-16(18)19-6-5-11-9-20-14-4-3-12(25-2)8-13(11)14/h3-4,8-10,17,20-21H,5-7H2,1-2H3,(H,22,24)(H3,18,19,23). The first-order chi connectivity index (χ1) is 12.0. The fourth-order valence-electron chi connectivity index (χ4n) is 2.94. The van der Waals surface area contributed by atoms with Crippen molar-refractivity contribution in [2.45, 2.75) is 32.1 Å². The Morgan fingerprint density at radius 2 is 2.32 bits per heavy atom. The lowest BCUT2D eigenvalue weighted by Gasteiger charge is -2.30. The molecule has 2 unspecified atom stereocenters. The second-order valence-electron chi connectivity index (χ2n) is 6.16. The van der Waals surface area contributed by atoms with Crippen molar-refractivity contribution in [1.29, 1.82) is 0 Å². The molecule has 0 aliphatic carbocycles. The van der Waals surface area contributed by atoms with Crippen LogP contribution in [0.2, 0.25) is 0 Å². The van der Waals surface area contributed by atoms with E-state index < -0.39 is 6.29 Å². The molecule has 25 heavy (non-hydrogen) atoms. The Bertz CT molecular complexity index is 785. The van der Waals surface area contributed by atoms with Gasteiger partial charge in [-0.15, -0.1) is 0 Å². The number of hydrogen-bond acceptors (Lipinski definition) is 4. The third-order valence-corrected chi connectivity index (χ3v) is 4.18. The maximum absolute atomic E-state index is 11.5. The van der Waals surface area contributed by atoms with Crippen molar-refractivity contribution >= 4 is 22.8 Å². The lowest BCUT2D eigenvalue weighted by Crippen LogP contribution is -2.64. The highest BCUT2D eigenvalue weighted by atomic mass is 16.5. The van der Waals surface area contributed by atoms with Crippen LogP contribution in [-0.4, -0.2) is 42.8 Å². The molecule has 134 valence electrons. The summed E-state index contributed by atoms with van der Waals surface area (Å²) in [5.41, 5.74) is 8.13. The van der Waals surface area contributed by atoms with Gasteiger partial charge in [0, 0.05) is 36.1 Å². The predicted octanol–water partition coefficient (Wildman–Crippen LogP) is 0.405. The van der Waals surface area contributed by atoms with Crippen LogP contribution in [-0.2, 0) is 11.2 Å². The number of rotatable bonds is 5. The zero-order valence-corrected chi connectivity index (χ0v) is 14.4. The lowest BCUT2D eigenvalue weighted by molar-refractivity contribution is -0.124. The summed E-state index contributed by atoms with van der Waals surface area (Å²) in [5, 5.41) is 10.1. The highest BCUT2D eigenvalue weighted by Gasteiger charge is 2.22. The molecule has 8 nitrogen and oxygen atoms in total. The number of nitrogens with one attached hydrogen (secondary N) is 4. The molecule has 1 aliphatic heterocycles. The molecule has 2 heterocycles. The maximum atomic E-state index is 11.5. The van der Waals surface area contributed by atoms with E-state index in [4.69, 9.17) is 10.5 Å². The lowest BCUT2D eigenvalue weighted by atomic mass is 10.1. The number of aromatic amines is 1. The second-order valence-corrected chi connectivity index (χ2v) is 6.16. The van der Waals surface area contributed by atoms with Crippen molar-refractivity contribution in [2.24, 2.45) is 10.7 Å². The fourth-order valence-corrected chi connectivity index (χ4v) is 2.94. The number of benzene rings is 1. The number of H-pyrrole nitrogens is 1. The number of nitrogens with two attached hydrogens (primary N) is 1. The van der Waals surface area contributed by atoms with E-state index in [-0.39, 0.29) is 11.9 Å². The summed E-state index contributed by atoms with van der Waals surface area (Å²) in [6, 6.07) is 6.03. The molecule has 6 N–H and O–H groups in total. The van der Waals surface area contributed by atoms with Crippen LogP contribution in [0, 0.1) is 0 Å². The first-order valence-electron chi connectivity index (χ1n) is 8.31. The van der Waals surface area contributed by atoms with Gasteiger partial charge in [0.25, 0.3) is 0 Å². The average Bonchev–Trinajstić information content (AvgIpc) is 2.96. The van der Waals surface area contributed by atoms with E-state index in [1.165, 1.54) is 0 Å². The summed E-state index contributed by atoms with van der Waals surface area (Å²) >= 11 is 0. The number of nitrogens with zero attached hydrogens (tertiary/aromatic N) is 1. The number of carbonyl (C=O) groups excluding carboxylic acids is 1. The Kier molecular flexibility index (Phi) is 5.08. The molecule has 0 bridgehead atoms. The van der Waals surface area contributed by atoms with Crippen molar-refractivity contribution in [1.82, 2.24) is 20.9 Å². The molecule has 1 saturated heterocycles. The molecule has 1 amide bonds. The highest BCUT2D eigenvalue weighted by molar-refractivity contribution is 5.85. The third kappa shape index (κ3) is 4.21. The van der Waals surface area contributed by atoms with Gasteiger partial charge in [-0.05, 0) is 37.1 Å². The molecule has 1 aliphatic rings. The van der Waals surface area contributed by atoms with Gasteiger partial charge in [-0.25, -0.2) is 0 Å². The van der Waals surface area contributed by atoms with Crippen LogP contribution in [0.3, 0.4) is 0 Å². The molecule has 0 radical (unpaired) electrons. The van der Waals surface area contributed by atoms with E-state index in [0.29, 0.717) is 18.9 Å². The predicted molar refractivity (Wildman–Crippen MR) is 97.3 cm³/mol. The number of aromatic nitrogens is 1. The number of methoxy groups -OCH3 is 1. The van der Waals surface area contributed by atoms with Gasteiger partial charge in [-0.3, -0.25) is 15.1 Å². The van der Waals surface area contributed by atoms with E-state index >= 15 is 0 Å². The topological polar surface area (TPSA) is 117 Å². The van der Waals surface area contributed by atoms with Crippen LogP contribution in [0.5, 0.6) is 5.75 Å². The van der Waals surface area contributed by atoms with Crippen molar-refractivity contribution in [3.05, 3.63) is 30.0 Å². The molecule has 2 aromatic rings. The Labute approximate surface area is 146 Å². The van der Waals surface area contributed by atoms with E-state index in [1.807, 2.05) is 31.3 Å². The van der Waals surface area contributed by atoms with Gasteiger partial charge >= 0.3 is 0 Å². The summed E-state index contributed by atoms with van der Waals surface area (Å²) in [7, 11) is 1.66. The van der Waals surface area contributed by atoms with Crippen LogP contribution < -0.4 is 26.4 Å². The van der Waals surface area contributed by atoms with Crippen molar-refractivity contribution < 1.29 is 9.53 Å². The number of carbonyl (C=O) groups is 1. The van der Waals surface area contributed by atoms with Gasteiger partial charge in [0.2, 0.25) is 5.91 Å². The quantitative estimate of drug-likeness (QED) is 0.398. The molecule has 2 atom stereocenters. The zero-order chi connectivity index (χ0) is 17.8. The summed E-state index contributed by atoms with van der Waals surface area (Å²) in [5.74, 6) is 1.11. The number of fused-ring (bicyclic) bond motifs is 1. The smallest absolute Gasteiger partial charge is 0.224 e. The molecule has 8 heteroatoms. The molecular formula is C17H24N6O2. The first-order valence-corrected chi connectivity index (χ1v) is 8.31. The maximum Gasteiger partial charge on any atom is 0.224 e. The van der Waals surface area contributed by atoms with Gasteiger partial charge in [-0.1, -0.05) is 0 Å². The van der Waals surface area contributed by atoms with E-state index in [9.17, 15) is 4.79 Å². The minimum Gasteiger partial charge on any atom is -0.497 e. The Morgan fingerprint density at radius 3 is 3.08 bits per heavy atom. The van der Waals surface area contributed by atoms with Crippen molar-refractivity contribution in [3.8, 4) is 5.75 Å². The fraction of sp³-hybridized carbons (Fsp3) is 0.412. The Balaban J connectivity index is 1.58. The van der Waals surface area contributed by atoms with Crippen LogP contribution in [0.25, 0.3) is 10.9 Å². The molecular weight excluding hydrogens is 320 g/mol. The molecule has 1 aromatic carbocycles. The third-order valence-electron chi connectivity index (χ3n) is 4.18. The van der Waals surface area contributed by atoms with Gasteiger partial charge in [-0.2, -0.15) is 0 Å². The summed E-state index contributed by atoms with van der Waals surface area (Å²) < 4.78 is 5.28. The van der Waals surface area contributed by atoms with Gasteiger partial charge in [0.05, 0.1) is 7.11 Å². The van der Waals surface area contributed by atoms with Crippen LogP contribution >= 0.6 is 0 Å². The second kappa shape index (κ2) is 7.43. The number of hydrogen-bond donors (Lipinski definition) is 5. The van der Waals surface area contributed by atoms with E-state index in [2.05, 4.69) is 25.9 Å². The highest BCUT2D eigenvalue weighted by Crippen LogP contribution is 2.23. The van der Waals surface area contributed by atoms with Crippen molar-refractivity contribution in [3.63, 3.8) is 0 Å². The summed E-state index contributed by atoms with van der Waals surface area (Å²) in [4.78, 5) is 19.1. The van der Waals surface area contributed by atoms with Crippen LogP contribution in [0.1, 0.15) is 18.9 Å². The number of guanidine groups is 1. The monoisotopic (exact) mass is 344 g/mol. The Hall–Kier alpha value is -2.74. The van der Waals surface area contributed by atoms with Crippen LogP contribution in [0.15, 0.2) is 29.4 Å². The largest absolute Gasteiger partial charge is 0.497 e. The SMILES string of the molecule is COc1ccc2[nH]cc(CCN=C(N)NC3NC(=O)CC(C)N3)c2c1. The number of aliphatic imine (C=N–C) groups is 1.